The molecular formula is C14H22N2O4. The van der Waals surface area contributed by atoms with E-state index >= 15 is 0 Å². The largest absolute Gasteiger partial charge is 0.480 e. The Morgan fingerprint density at radius 1 is 1.15 bits per heavy atom. The van der Waals surface area contributed by atoms with Crippen LogP contribution in [0.3, 0.4) is 0 Å². The third-order valence-corrected chi connectivity index (χ3v) is 4.95. The molecule has 2 aliphatic heterocycles. The fourth-order valence-electron chi connectivity index (χ4n) is 3.93. The van der Waals surface area contributed by atoms with E-state index in [0.717, 1.165) is 32.1 Å². The van der Waals surface area contributed by atoms with Gasteiger partial charge in [-0.1, -0.05) is 6.42 Å². The molecule has 0 aromatic rings. The maximum Gasteiger partial charge on any atom is 0.326 e. The van der Waals surface area contributed by atoms with E-state index in [1.54, 1.807) is 4.90 Å². The molecule has 0 radical (unpaired) electrons. The first-order chi connectivity index (χ1) is 9.66. The lowest BCUT2D eigenvalue weighted by atomic mass is 9.94. The van der Waals surface area contributed by atoms with Crippen molar-refractivity contribution in [3.63, 3.8) is 0 Å². The van der Waals surface area contributed by atoms with E-state index in [1.165, 1.54) is 0 Å². The zero-order valence-electron chi connectivity index (χ0n) is 11.6. The molecule has 0 aromatic carbocycles. The average Bonchev–Trinajstić information content (AvgIpc) is 2.98. The second-order valence-electron chi connectivity index (χ2n) is 6.13. The number of urea groups is 1. The number of carboxylic acids is 1. The van der Waals surface area contributed by atoms with Crippen molar-refractivity contribution in [2.45, 2.75) is 44.2 Å². The summed E-state index contributed by atoms with van der Waals surface area (Å²) < 4.78 is 5.27. The Balaban J connectivity index is 1.65. The molecule has 2 heterocycles. The van der Waals surface area contributed by atoms with Gasteiger partial charge >= 0.3 is 12.0 Å². The number of hydrogen-bond acceptors (Lipinski definition) is 3. The number of aliphatic carboxylic acids is 1. The fourth-order valence-corrected chi connectivity index (χ4v) is 3.93. The predicted molar refractivity (Wildman–Crippen MR) is 71.3 cm³/mol. The summed E-state index contributed by atoms with van der Waals surface area (Å²) in [6.07, 6.45) is 4.70. The van der Waals surface area contributed by atoms with Gasteiger partial charge in [0.2, 0.25) is 0 Å². The van der Waals surface area contributed by atoms with Gasteiger partial charge in [0.25, 0.3) is 0 Å². The summed E-state index contributed by atoms with van der Waals surface area (Å²) in [5.41, 5.74) is 0. The molecule has 1 saturated carbocycles. The van der Waals surface area contributed by atoms with Crippen molar-refractivity contribution < 1.29 is 19.4 Å². The number of nitrogens with one attached hydrogen (secondary N) is 1. The highest BCUT2D eigenvalue weighted by Gasteiger charge is 2.49. The molecule has 1 aliphatic carbocycles. The third-order valence-electron chi connectivity index (χ3n) is 4.95. The lowest BCUT2D eigenvalue weighted by Gasteiger charge is -2.29. The quantitative estimate of drug-likeness (QED) is 0.794. The molecule has 6 nitrogen and oxygen atoms in total. The van der Waals surface area contributed by atoms with Crippen LogP contribution < -0.4 is 5.32 Å². The van der Waals surface area contributed by atoms with Gasteiger partial charge in [-0.15, -0.1) is 0 Å². The van der Waals surface area contributed by atoms with E-state index in [0.29, 0.717) is 25.7 Å². The topological polar surface area (TPSA) is 78.9 Å². The first-order valence-electron chi connectivity index (χ1n) is 7.54. The highest BCUT2D eigenvalue weighted by atomic mass is 16.5. The van der Waals surface area contributed by atoms with Crippen LogP contribution in [0, 0.1) is 11.8 Å². The zero-order chi connectivity index (χ0) is 14.1. The van der Waals surface area contributed by atoms with Gasteiger partial charge in [0.15, 0.2) is 0 Å². The third kappa shape index (κ3) is 2.49. The number of fused-ring (bicyclic) bond motifs is 1. The zero-order valence-corrected chi connectivity index (χ0v) is 11.6. The SMILES string of the molecule is O=C(O)C1C2CCCC2CN1C(=O)NC1CCOCC1. The molecule has 112 valence electrons. The van der Waals surface area contributed by atoms with Crippen molar-refractivity contribution >= 4 is 12.0 Å². The Bertz CT molecular complexity index is 395. The van der Waals surface area contributed by atoms with E-state index in [4.69, 9.17) is 4.74 Å². The van der Waals surface area contributed by atoms with Crippen LogP contribution in [0.1, 0.15) is 32.1 Å². The average molecular weight is 282 g/mol. The second kappa shape index (κ2) is 5.60. The molecule has 0 aromatic heterocycles. The van der Waals surface area contributed by atoms with Crippen LogP contribution >= 0.6 is 0 Å². The van der Waals surface area contributed by atoms with E-state index in [2.05, 4.69) is 5.32 Å². The Kier molecular flexibility index (Phi) is 3.83. The summed E-state index contributed by atoms with van der Waals surface area (Å²) in [6.45, 7) is 1.92. The summed E-state index contributed by atoms with van der Waals surface area (Å²) >= 11 is 0. The predicted octanol–water partition coefficient (Wildman–Crippen LogP) is 1.06. The monoisotopic (exact) mass is 282 g/mol. The van der Waals surface area contributed by atoms with Crippen LogP contribution in [0.2, 0.25) is 0 Å². The molecule has 3 unspecified atom stereocenters. The molecule has 6 heteroatoms. The molecule has 2 N–H and O–H groups in total. The number of nitrogens with zero attached hydrogens (tertiary/aromatic N) is 1. The van der Waals surface area contributed by atoms with E-state index in [9.17, 15) is 14.7 Å². The van der Waals surface area contributed by atoms with Crippen LogP contribution in [0.4, 0.5) is 4.79 Å². The second-order valence-corrected chi connectivity index (χ2v) is 6.13. The molecule has 3 rings (SSSR count). The van der Waals surface area contributed by atoms with Crippen molar-refractivity contribution in [3.8, 4) is 0 Å². The molecule has 20 heavy (non-hydrogen) atoms. The lowest BCUT2D eigenvalue weighted by molar-refractivity contribution is -0.142. The van der Waals surface area contributed by atoms with Crippen molar-refractivity contribution in [2.75, 3.05) is 19.8 Å². The first kappa shape index (κ1) is 13.7. The maximum absolute atomic E-state index is 12.4. The van der Waals surface area contributed by atoms with Gasteiger partial charge in [0.05, 0.1) is 0 Å². The van der Waals surface area contributed by atoms with Crippen LogP contribution in [0.15, 0.2) is 0 Å². The minimum Gasteiger partial charge on any atom is -0.480 e. The Labute approximate surface area is 118 Å². The number of likely N-dealkylation sites (tertiary alicyclic amines) is 1. The first-order valence-corrected chi connectivity index (χ1v) is 7.54. The van der Waals surface area contributed by atoms with E-state index in [-0.39, 0.29) is 18.0 Å². The van der Waals surface area contributed by atoms with Crippen LogP contribution in [-0.4, -0.2) is 53.8 Å². The summed E-state index contributed by atoms with van der Waals surface area (Å²) in [4.78, 5) is 25.4. The summed E-state index contributed by atoms with van der Waals surface area (Å²) in [5.74, 6) is -0.342. The van der Waals surface area contributed by atoms with Crippen LogP contribution in [-0.2, 0) is 9.53 Å². The number of carboxylic acid groups (broad SMARTS) is 1. The van der Waals surface area contributed by atoms with Gasteiger partial charge < -0.3 is 20.1 Å². The number of ether oxygens (including phenoxy) is 1. The normalized spacial score (nSPS) is 34.0. The molecular weight excluding hydrogens is 260 g/mol. The Morgan fingerprint density at radius 2 is 1.90 bits per heavy atom. The molecule has 3 aliphatic rings. The number of hydrogen-bond donors (Lipinski definition) is 2. The number of amides is 2. The molecule has 2 amide bonds. The molecule has 3 fully saturated rings. The molecule has 3 atom stereocenters. The minimum absolute atomic E-state index is 0.117. The highest BCUT2D eigenvalue weighted by molar-refractivity contribution is 5.84. The summed E-state index contributed by atoms with van der Waals surface area (Å²) in [6, 6.07) is -0.729. The Hall–Kier alpha value is -1.30. The van der Waals surface area contributed by atoms with Crippen molar-refractivity contribution in [1.29, 1.82) is 0 Å². The molecule has 0 spiro atoms. The van der Waals surface area contributed by atoms with Crippen molar-refractivity contribution in [3.05, 3.63) is 0 Å². The maximum atomic E-state index is 12.4. The molecule has 2 saturated heterocycles. The lowest BCUT2D eigenvalue weighted by Crippen LogP contribution is -2.51. The number of carbonyl (C=O) groups is 2. The summed E-state index contributed by atoms with van der Waals surface area (Å²) in [5, 5.41) is 12.4. The van der Waals surface area contributed by atoms with E-state index in [1.807, 2.05) is 0 Å². The van der Waals surface area contributed by atoms with E-state index < -0.39 is 12.0 Å². The van der Waals surface area contributed by atoms with Gasteiger partial charge in [-0.25, -0.2) is 9.59 Å². The molecule has 0 bridgehead atoms. The van der Waals surface area contributed by atoms with Gasteiger partial charge in [-0.05, 0) is 37.5 Å². The fraction of sp³-hybridized carbons (Fsp3) is 0.857. The highest BCUT2D eigenvalue weighted by Crippen LogP contribution is 2.42. The number of carbonyl (C=O) groups excluding carboxylic acids is 1. The standard InChI is InChI=1S/C14H22N2O4/c17-13(18)12-11-3-1-2-9(11)8-16(12)14(19)15-10-4-6-20-7-5-10/h9-12H,1-8H2,(H,15,19)(H,17,18). The van der Waals surface area contributed by atoms with Crippen molar-refractivity contribution in [1.82, 2.24) is 10.2 Å². The minimum atomic E-state index is -0.860. The number of rotatable bonds is 2. The van der Waals surface area contributed by atoms with Crippen LogP contribution in [0.5, 0.6) is 0 Å². The smallest absolute Gasteiger partial charge is 0.326 e. The van der Waals surface area contributed by atoms with Gasteiger partial charge in [-0.3, -0.25) is 0 Å². The summed E-state index contributed by atoms with van der Waals surface area (Å²) in [7, 11) is 0. The van der Waals surface area contributed by atoms with Gasteiger partial charge in [0, 0.05) is 25.8 Å². The Morgan fingerprint density at radius 3 is 2.60 bits per heavy atom. The van der Waals surface area contributed by atoms with Crippen LogP contribution in [0.25, 0.3) is 0 Å². The van der Waals surface area contributed by atoms with Crippen molar-refractivity contribution in [2.24, 2.45) is 11.8 Å². The van der Waals surface area contributed by atoms with Gasteiger partial charge in [0.1, 0.15) is 6.04 Å². The van der Waals surface area contributed by atoms with Gasteiger partial charge in [-0.2, -0.15) is 0 Å².